The SMILES string of the molecule is COc1cc(C)nc(N2CC[C@@]3(CCCN(Cc4c[nH]c5ccccc45)C3)C2)n1. The first-order chi connectivity index (χ1) is 14.1. The van der Waals surface area contributed by atoms with Gasteiger partial charge in [0.25, 0.3) is 0 Å². The van der Waals surface area contributed by atoms with Gasteiger partial charge in [0.1, 0.15) is 0 Å². The minimum absolute atomic E-state index is 0.338. The lowest BCUT2D eigenvalue weighted by atomic mass is 9.79. The van der Waals surface area contributed by atoms with Crippen LogP contribution in [0, 0.1) is 12.3 Å². The molecule has 4 heterocycles. The van der Waals surface area contributed by atoms with Crippen molar-refractivity contribution in [1.82, 2.24) is 19.9 Å². The molecule has 2 aromatic heterocycles. The number of likely N-dealkylation sites (tertiary alicyclic amines) is 1. The van der Waals surface area contributed by atoms with E-state index in [4.69, 9.17) is 4.74 Å². The van der Waals surface area contributed by atoms with Crippen LogP contribution in [0.1, 0.15) is 30.5 Å². The molecule has 0 amide bonds. The van der Waals surface area contributed by atoms with Crippen molar-refractivity contribution in [3.8, 4) is 5.88 Å². The number of H-pyrrole nitrogens is 1. The highest BCUT2D eigenvalue weighted by Crippen LogP contribution is 2.40. The minimum Gasteiger partial charge on any atom is -0.481 e. The van der Waals surface area contributed by atoms with E-state index in [1.807, 2.05) is 13.0 Å². The van der Waals surface area contributed by atoms with Gasteiger partial charge in [0.15, 0.2) is 0 Å². The lowest BCUT2D eigenvalue weighted by molar-refractivity contribution is 0.0994. The van der Waals surface area contributed by atoms with Crippen LogP contribution in [0.5, 0.6) is 5.88 Å². The van der Waals surface area contributed by atoms with Crippen molar-refractivity contribution in [2.24, 2.45) is 5.41 Å². The number of aromatic nitrogens is 3. The van der Waals surface area contributed by atoms with E-state index in [0.29, 0.717) is 11.3 Å². The van der Waals surface area contributed by atoms with Gasteiger partial charge in [0.05, 0.1) is 7.11 Å². The fourth-order valence-corrected chi connectivity index (χ4v) is 5.16. The molecule has 0 aliphatic carbocycles. The third kappa shape index (κ3) is 3.57. The van der Waals surface area contributed by atoms with E-state index >= 15 is 0 Å². The monoisotopic (exact) mass is 391 g/mol. The Morgan fingerprint density at radius 1 is 1.14 bits per heavy atom. The quantitative estimate of drug-likeness (QED) is 0.734. The molecular weight excluding hydrogens is 362 g/mol. The molecule has 1 spiro atoms. The van der Waals surface area contributed by atoms with E-state index in [1.165, 1.54) is 42.3 Å². The van der Waals surface area contributed by atoms with E-state index in [9.17, 15) is 0 Å². The highest BCUT2D eigenvalue weighted by Gasteiger charge is 2.42. The van der Waals surface area contributed by atoms with Gasteiger partial charge >= 0.3 is 0 Å². The summed E-state index contributed by atoms with van der Waals surface area (Å²) in [6.45, 7) is 7.39. The first-order valence-corrected chi connectivity index (χ1v) is 10.6. The van der Waals surface area contributed by atoms with Gasteiger partial charge in [-0.05, 0) is 44.4 Å². The average Bonchev–Trinajstić information content (AvgIpc) is 3.32. The average molecular weight is 392 g/mol. The van der Waals surface area contributed by atoms with Gasteiger partial charge in [-0.15, -0.1) is 0 Å². The Labute approximate surface area is 171 Å². The maximum Gasteiger partial charge on any atom is 0.228 e. The molecule has 2 fully saturated rings. The highest BCUT2D eigenvalue weighted by molar-refractivity contribution is 5.82. The van der Waals surface area contributed by atoms with Crippen LogP contribution in [0.2, 0.25) is 0 Å². The number of ether oxygens (including phenoxy) is 1. The molecule has 3 aromatic rings. The van der Waals surface area contributed by atoms with Crippen molar-refractivity contribution < 1.29 is 4.74 Å². The number of anilines is 1. The Hall–Kier alpha value is -2.60. The number of methoxy groups -OCH3 is 1. The van der Waals surface area contributed by atoms with Crippen molar-refractivity contribution in [1.29, 1.82) is 0 Å². The molecule has 6 nitrogen and oxygen atoms in total. The predicted octanol–water partition coefficient (Wildman–Crippen LogP) is 3.77. The van der Waals surface area contributed by atoms with E-state index in [1.54, 1.807) is 7.11 Å². The number of aryl methyl sites for hydroxylation is 1. The summed E-state index contributed by atoms with van der Waals surface area (Å²) < 4.78 is 5.35. The predicted molar refractivity (Wildman–Crippen MR) is 115 cm³/mol. The number of hydrogen-bond acceptors (Lipinski definition) is 5. The summed E-state index contributed by atoms with van der Waals surface area (Å²) in [7, 11) is 1.67. The molecule has 1 N–H and O–H groups in total. The molecule has 2 aliphatic rings. The maximum atomic E-state index is 5.35. The number of nitrogens with zero attached hydrogens (tertiary/aromatic N) is 4. The summed E-state index contributed by atoms with van der Waals surface area (Å²) in [5, 5.41) is 1.35. The number of para-hydroxylation sites is 1. The lowest BCUT2D eigenvalue weighted by Crippen LogP contribution is -2.44. The number of rotatable bonds is 4. The molecule has 2 saturated heterocycles. The third-order valence-corrected chi connectivity index (χ3v) is 6.56. The molecule has 0 unspecified atom stereocenters. The molecule has 0 saturated carbocycles. The van der Waals surface area contributed by atoms with E-state index < -0.39 is 0 Å². The summed E-state index contributed by atoms with van der Waals surface area (Å²) in [6, 6.07) is 10.5. The van der Waals surface area contributed by atoms with Crippen LogP contribution in [0.15, 0.2) is 36.5 Å². The smallest absolute Gasteiger partial charge is 0.228 e. The van der Waals surface area contributed by atoms with Crippen LogP contribution in [-0.4, -0.2) is 53.1 Å². The van der Waals surface area contributed by atoms with Crippen LogP contribution in [0.4, 0.5) is 5.95 Å². The molecule has 0 bridgehead atoms. The molecular formula is C23H29N5O. The van der Waals surface area contributed by atoms with Crippen LogP contribution >= 0.6 is 0 Å². The van der Waals surface area contributed by atoms with Gasteiger partial charge in [0.2, 0.25) is 11.8 Å². The fourth-order valence-electron chi connectivity index (χ4n) is 5.16. The topological polar surface area (TPSA) is 57.3 Å². The highest BCUT2D eigenvalue weighted by atomic mass is 16.5. The summed E-state index contributed by atoms with van der Waals surface area (Å²) >= 11 is 0. The van der Waals surface area contributed by atoms with Crippen molar-refractivity contribution in [2.75, 3.05) is 38.2 Å². The van der Waals surface area contributed by atoms with Crippen LogP contribution in [-0.2, 0) is 6.54 Å². The van der Waals surface area contributed by atoms with Gasteiger partial charge in [-0.2, -0.15) is 4.98 Å². The zero-order valence-corrected chi connectivity index (χ0v) is 17.3. The number of nitrogens with one attached hydrogen (secondary N) is 1. The van der Waals surface area contributed by atoms with Crippen LogP contribution in [0.3, 0.4) is 0 Å². The second kappa shape index (κ2) is 7.34. The molecule has 29 heavy (non-hydrogen) atoms. The number of aromatic amines is 1. The molecule has 5 rings (SSSR count). The summed E-state index contributed by atoms with van der Waals surface area (Å²) in [5.41, 5.74) is 3.92. The first-order valence-electron chi connectivity index (χ1n) is 10.6. The number of piperidine rings is 1. The third-order valence-electron chi connectivity index (χ3n) is 6.56. The van der Waals surface area contributed by atoms with E-state index in [0.717, 1.165) is 37.8 Å². The Bertz CT molecular complexity index is 1020. The Balaban J connectivity index is 1.31. The normalized spacial score (nSPS) is 22.6. The Kier molecular flexibility index (Phi) is 4.66. The van der Waals surface area contributed by atoms with Gasteiger partial charge in [-0.3, -0.25) is 4.90 Å². The molecule has 1 aromatic carbocycles. The molecule has 0 radical (unpaired) electrons. The van der Waals surface area contributed by atoms with Crippen molar-refractivity contribution in [2.45, 2.75) is 32.7 Å². The first kappa shape index (κ1) is 18.4. The van der Waals surface area contributed by atoms with Gasteiger partial charge < -0.3 is 14.6 Å². The number of benzene rings is 1. The zero-order chi connectivity index (χ0) is 19.8. The van der Waals surface area contributed by atoms with Gasteiger partial charge in [-0.25, -0.2) is 4.98 Å². The van der Waals surface area contributed by atoms with Gasteiger partial charge in [0, 0.05) is 60.5 Å². The number of hydrogen-bond donors (Lipinski definition) is 1. The van der Waals surface area contributed by atoms with E-state index in [-0.39, 0.29) is 0 Å². The second-order valence-corrected chi connectivity index (χ2v) is 8.70. The second-order valence-electron chi connectivity index (χ2n) is 8.70. The summed E-state index contributed by atoms with van der Waals surface area (Å²) in [6.07, 6.45) is 5.93. The fraction of sp³-hybridized carbons (Fsp3) is 0.478. The summed E-state index contributed by atoms with van der Waals surface area (Å²) in [5.74, 6) is 1.46. The standard InChI is InChI=1S/C23H29N5O/c1-17-12-21(29-2)26-22(25-17)28-11-9-23(16-28)8-5-10-27(15-23)14-18-13-24-20-7-4-3-6-19(18)20/h3-4,6-7,12-13,24H,5,8-11,14-16H2,1-2H3/t23-/m1/s1. The van der Waals surface area contributed by atoms with Gasteiger partial charge in [-0.1, -0.05) is 18.2 Å². The Morgan fingerprint density at radius 3 is 2.93 bits per heavy atom. The van der Waals surface area contributed by atoms with Crippen molar-refractivity contribution in [3.63, 3.8) is 0 Å². The maximum absolute atomic E-state index is 5.35. The number of fused-ring (bicyclic) bond motifs is 1. The minimum atomic E-state index is 0.338. The molecule has 152 valence electrons. The lowest BCUT2D eigenvalue weighted by Gasteiger charge is -2.40. The molecule has 6 heteroatoms. The molecule has 1 atom stereocenters. The molecule has 2 aliphatic heterocycles. The van der Waals surface area contributed by atoms with Crippen molar-refractivity contribution in [3.05, 3.63) is 47.8 Å². The largest absolute Gasteiger partial charge is 0.481 e. The Morgan fingerprint density at radius 2 is 2.03 bits per heavy atom. The van der Waals surface area contributed by atoms with E-state index in [2.05, 4.69) is 55.2 Å². The van der Waals surface area contributed by atoms with Crippen molar-refractivity contribution >= 4 is 16.9 Å². The van der Waals surface area contributed by atoms with Crippen LogP contribution in [0.25, 0.3) is 10.9 Å². The zero-order valence-electron chi connectivity index (χ0n) is 17.3. The van der Waals surface area contributed by atoms with Crippen LogP contribution < -0.4 is 9.64 Å². The summed E-state index contributed by atoms with van der Waals surface area (Å²) in [4.78, 5) is 17.7.